The van der Waals surface area contributed by atoms with Gasteiger partial charge in [-0.2, -0.15) is 4.98 Å². The van der Waals surface area contributed by atoms with Crippen molar-refractivity contribution in [1.29, 1.82) is 0 Å². The highest BCUT2D eigenvalue weighted by Crippen LogP contribution is 2.33. The van der Waals surface area contributed by atoms with Crippen LogP contribution in [0.15, 0.2) is 53.3 Å². The number of rotatable bonds is 3. The normalized spacial score (nSPS) is 15.5. The van der Waals surface area contributed by atoms with E-state index in [0.29, 0.717) is 17.7 Å². The van der Waals surface area contributed by atoms with E-state index in [1.165, 1.54) is 41.3 Å². The number of benzene rings is 2. The molecule has 4 aromatic rings. The summed E-state index contributed by atoms with van der Waals surface area (Å²) in [6.07, 6.45) is 1.89. The van der Waals surface area contributed by atoms with Crippen LogP contribution < -0.4 is 5.32 Å². The summed E-state index contributed by atoms with van der Waals surface area (Å²) in [5.41, 5.74) is 2.34. The van der Waals surface area contributed by atoms with Gasteiger partial charge < -0.3 is 19.7 Å². The van der Waals surface area contributed by atoms with E-state index < -0.39 is 23.7 Å². The Bertz CT molecular complexity index is 1310. The fraction of sp³-hybridized carbons (Fsp3) is 0.143. The van der Waals surface area contributed by atoms with E-state index in [0.717, 1.165) is 11.4 Å². The second kappa shape index (κ2) is 8.04. The number of hydrogen-bond acceptors (Lipinski definition) is 5. The first-order chi connectivity index (χ1) is 15.5. The van der Waals surface area contributed by atoms with E-state index in [1.807, 2.05) is 0 Å². The number of nitrogens with zero attached hydrogens (tertiary/aromatic N) is 4. The molecule has 2 N–H and O–H groups in total. The highest BCUT2D eigenvalue weighted by atomic mass is 35.5. The Kier molecular flexibility index (Phi) is 5.06. The van der Waals surface area contributed by atoms with Crippen molar-refractivity contribution < 1.29 is 18.1 Å². The van der Waals surface area contributed by atoms with Crippen LogP contribution in [-0.2, 0) is 13.0 Å². The van der Waals surface area contributed by atoms with Crippen LogP contribution in [0.5, 0.6) is 0 Å². The fourth-order valence-corrected chi connectivity index (χ4v) is 3.74. The van der Waals surface area contributed by atoms with Gasteiger partial charge in [-0.25, -0.2) is 18.6 Å². The Morgan fingerprint density at radius 3 is 2.94 bits per heavy atom. The number of fused-ring (bicyclic) bond motifs is 1. The summed E-state index contributed by atoms with van der Waals surface area (Å²) in [6, 6.07) is 8.61. The number of aromatic amines is 1. The molecule has 1 atom stereocenters. The number of H-pyrrole nitrogens is 1. The maximum absolute atomic E-state index is 13.5. The second-order valence-electron chi connectivity index (χ2n) is 7.20. The molecule has 0 aliphatic carbocycles. The van der Waals surface area contributed by atoms with Crippen molar-refractivity contribution >= 4 is 23.3 Å². The summed E-state index contributed by atoms with van der Waals surface area (Å²) in [7, 11) is 0. The Balaban J connectivity index is 1.46. The molecule has 1 aliphatic heterocycles. The summed E-state index contributed by atoms with van der Waals surface area (Å²) < 4.78 is 32.5. The summed E-state index contributed by atoms with van der Waals surface area (Å²) >= 11 is 5.86. The quantitative estimate of drug-likeness (QED) is 0.464. The average molecular weight is 457 g/mol. The molecule has 1 aliphatic rings. The average Bonchev–Trinajstić information content (AvgIpc) is 3.44. The van der Waals surface area contributed by atoms with Crippen LogP contribution in [0.4, 0.5) is 19.3 Å². The number of amides is 2. The van der Waals surface area contributed by atoms with Gasteiger partial charge >= 0.3 is 6.03 Å². The second-order valence-corrected chi connectivity index (χ2v) is 7.61. The van der Waals surface area contributed by atoms with Gasteiger partial charge in [-0.05, 0) is 36.4 Å². The minimum absolute atomic E-state index is 0.0659. The molecule has 162 valence electrons. The summed E-state index contributed by atoms with van der Waals surface area (Å²) in [6.45, 7) is 0.210. The number of carbonyl (C=O) groups is 1. The number of hydrogen-bond donors (Lipinski definition) is 2. The van der Waals surface area contributed by atoms with Gasteiger partial charge in [-0.3, -0.25) is 0 Å². The highest BCUT2D eigenvalue weighted by molar-refractivity contribution is 6.31. The molecule has 0 radical (unpaired) electrons. The van der Waals surface area contributed by atoms with E-state index in [2.05, 4.69) is 25.4 Å². The molecule has 11 heteroatoms. The van der Waals surface area contributed by atoms with E-state index in [1.54, 1.807) is 12.4 Å². The maximum atomic E-state index is 13.5. The van der Waals surface area contributed by atoms with Gasteiger partial charge in [-0.1, -0.05) is 22.8 Å². The molecule has 0 saturated heterocycles. The van der Waals surface area contributed by atoms with Crippen LogP contribution in [0.2, 0.25) is 5.02 Å². The first-order valence-electron chi connectivity index (χ1n) is 9.61. The molecule has 1 unspecified atom stereocenters. The minimum atomic E-state index is -0.614. The van der Waals surface area contributed by atoms with Crippen LogP contribution in [0, 0.1) is 11.6 Å². The molecule has 2 amide bonds. The number of aromatic nitrogens is 4. The third kappa shape index (κ3) is 3.80. The van der Waals surface area contributed by atoms with Crippen molar-refractivity contribution in [1.82, 2.24) is 25.0 Å². The molecule has 0 bridgehead atoms. The third-order valence-electron chi connectivity index (χ3n) is 5.14. The Morgan fingerprint density at radius 2 is 2.12 bits per heavy atom. The molecule has 0 saturated carbocycles. The van der Waals surface area contributed by atoms with Gasteiger partial charge in [0.05, 0.1) is 29.3 Å². The molecule has 5 rings (SSSR count). The number of halogens is 3. The lowest BCUT2D eigenvalue weighted by Gasteiger charge is -2.32. The predicted octanol–water partition coefficient (Wildman–Crippen LogP) is 4.72. The molecule has 0 spiro atoms. The highest BCUT2D eigenvalue weighted by Gasteiger charge is 2.36. The largest absolute Gasteiger partial charge is 0.347 e. The monoisotopic (exact) mass is 456 g/mol. The maximum Gasteiger partial charge on any atom is 0.322 e. The molecule has 2 aromatic heterocycles. The van der Waals surface area contributed by atoms with Crippen molar-refractivity contribution in [2.24, 2.45) is 0 Å². The number of urea groups is 1. The zero-order chi connectivity index (χ0) is 22.2. The van der Waals surface area contributed by atoms with Gasteiger partial charge in [0.1, 0.15) is 17.7 Å². The van der Waals surface area contributed by atoms with Crippen LogP contribution >= 0.6 is 11.6 Å². The molecule has 2 aromatic carbocycles. The Hall–Kier alpha value is -3.79. The van der Waals surface area contributed by atoms with Gasteiger partial charge in [0.2, 0.25) is 11.7 Å². The van der Waals surface area contributed by atoms with Gasteiger partial charge in [-0.15, -0.1) is 0 Å². The van der Waals surface area contributed by atoms with Gasteiger partial charge in [0.25, 0.3) is 0 Å². The molecular weight excluding hydrogens is 442 g/mol. The first-order valence-corrected chi connectivity index (χ1v) is 9.99. The molecule has 32 heavy (non-hydrogen) atoms. The Morgan fingerprint density at radius 1 is 1.25 bits per heavy atom. The van der Waals surface area contributed by atoms with E-state index >= 15 is 0 Å². The lowest BCUT2D eigenvalue weighted by Crippen LogP contribution is -2.41. The molecule has 0 fully saturated rings. The smallest absolute Gasteiger partial charge is 0.322 e. The summed E-state index contributed by atoms with van der Waals surface area (Å²) in [4.78, 5) is 26.3. The number of anilines is 1. The van der Waals surface area contributed by atoms with E-state index in [9.17, 15) is 13.6 Å². The number of carbonyl (C=O) groups excluding carboxylic acids is 1. The van der Waals surface area contributed by atoms with Crippen molar-refractivity contribution in [2.45, 2.75) is 19.0 Å². The minimum Gasteiger partial charge on any atom is -0.347 e. The van der Waals surface area contributed by atoms with Crippen molar-refractivity contribution in [3.05, 3.63) is 82.7 Å². The SMILES string of the molecule is O=C(Nc1cccc(F)c1)N1Cc2[nH]cnc2CC1c1nc(-c2ccc(F)c(Cl)c2)no1. The van der Waals surface area contributed by atoms with Gasteiger partial charge in [0.15, 0.2) is 0 Å². The lowest BCUT2D eigenvalue weighted by atomic mass is 10.0. The molecule has 3 heterocycles. The zero-order valence-electron chi connectivity index (χ0n) is 16.3. The van der Waals surface area contributed by atoms with Crippen LogP contribution in [0.1, 0.15) is 23.3 Å². The van der Waals surface area contributed by atoms with Crippen LogP contribution in [0.25, 0.3) is 11.4 Å². The van der Waals surface area contributed by atoms with Crippen LogP contribution in [-0.4, -0.2) is 31.0 Å². The Labute approximate surface area is 185 Å². The fourth-order valence-electron chi connectivity index (χ4n) is 3.55. The number of nitrogens with one attached hydrogen (secondary N) is 2. The predicted molar refractivity (Wildman–Crippen MR) is 111 cm³/mol. The lowest BCUT2D eigenvalue weighted by molar-refractivity contribution is 0.155. The van der Waals surface area contributed by atoms with Crippen LogP contribution in [0.3, 0.4) is 0 Å². The van der Waals surface area contributed by atoms with Crippen molar-refractivity contribution in [3.8, 4) is 11.4 Å². The first kappa shape index (κ1) is 20.1. The van der Waals surface area contributed by atoms with Gasteiger partial charge in [0, 0.05) is 17.7 Å². The van der Waals surface area contributed by atoms with E-state index in [-0.39, 0.29) is 23.3 Å². The molecular formula is C21H15ClF2N6O2. The topological polar surface area (TPSA) is 99.9 Å². The van der Waals surface area contributed by atoms with Crippen molar-refractivity contribution in [3.63, 3.8) is 0 Å². The standard InChI is InChI=1S/C21H15ClF2N6O2/c22-14-6-11(4-5-15(14)24)19-28-20(32-29-19)18-8-16-17(26-10-25-16)9-30(18)21(31)27-13-3-1-2-12(23)7-13/h1-7,10,18H,8-9H2,(H,25,26)(H,27,31). The third-order valence-corrected chi connectivity index (χ3v) is 5.43. The summed E-state index contributed by atoms with van der Waals surface area (Å²) in [5, 5.41) is 6.59. The zero-order valence-corrected chi connectivity index (χ0v) is 17.1. The number of imidazole rings is 1. The van der Waals surface area contributed by atoms with E-state index in [4.69, 9.17) is 16.1 Å². The van der Waals surface area contributed by atoms with Crippen molar-refractivity contribution in [2.75, 3.05) is 5.32 Å². The molecule has 8 nitrogen and oxygen atoms in total. The summed E-state index contributed by atoms with van der Waals surface area (Å²) in [5.74, 6) is -0.630.